The zero-order chi connectivity index (χ0) is 32.1. The third-order valence-corrected chi connectivity index (χ3v) is 10.2. The van der Waals surface area contributed by atoms with Gasteiger partial charge in [-0.1, -0.05) is 103 Å². The van der Waals surface area contributed by atoms with E-state index in [2.05, 4.69) is 144 Å². The summed E-state index contributed by atoms with van der Waals surface area (Å²) in [7, 11) is 0. The average Bonchev–Trinajstić information content (AvgIpc) is 3.71. The summed E-state index contributed by atoms with van der Waals surface area (Å²) in [6.45, 7) is 0. The Morgan fingerprint density at radius 1 is 0.286 bits per heavy atom. The van der Waals surface area contributed by atoms with Crippen LogP contribution in [0.5, 0.6) is 0 Å². The van der Waals surface area contributed by atoms with E-state index < -0.39 is 0 Å². The molecular weight excluding hydrogens is 599 g/mol. The van der Waals surface area contributed by atoms with Gasteiger partial charge < -0.3 is 13.7 Å². The topological polar surface area (TPSA) is 29.5 Å². The zero-order valence-electron chi connectivity index (χ0n) is 26.4. The number of benzene rings is 9. The second-order valence-corrected chi connectivity index (χ2v) is 12.9. The highest BCUT2D eigenvalue weighted by Crippen LogP contribution is 2.44. The van der Waals surface area contributed by atoms with Crippen molar-refractivity contribution in [2.45, 2.75) is 0 Å². The van der Waals surface area contributed by atoms with Gasteiger partial charge in [0.05, 0.1) is 5.69 Å². The third-order valence-electron chi connectivity index (χ3n) is 10.2. The molecule has 0 saturated carbocycles. The summed E-state index contributed by atoms with van der Waals surface area (Å²) in [6, 6.07) is 58.7. The van der Waals surface area contributed by atoms with Crippen LogP contribution in [-0.4, -0.2) is 0 Å². The number of fused-ring (bicyclic) bond motifs is 12. The first-order valence-corrected chi connectivity index (χ1v) is 16.7. The van der Waals surface area contributed by atoms with Crippen LogP contribution in [-0.2, 0) is 0 Å². The Kier molecular flexibility index (Phi) is 5.38. The van der Waals surface area contributed by atoms with Crippen LogP contribution in [0.25, 0.3) is 87.0 Å². The summed E-state index contributed by atoms with van der Waals surface area (Å²) in [6.07, 6.45) is 0. The Morgan fingerprint density at radius 2 is 0.857 bits per heavy atom. The minimum atomic E-state index is 0.886. The van der Waals surface area contributed by atoms with Crippen LogP contribution in [0.3, 0.4) is 0 Å². The van der Waals surface area contributed by atoms with E-state index in [9.17, 15) is 0 Å². The van der Waals surface area contributed by atoms with Crippen LogP contribution in [0.2, 0.25) is 0 Å². The summed E-state index contributed by atoms with van der Waals surface area (Å²) in [4.78, 5) is 2.40. The van der Waals surface area contributed by atoms with Gasteiger partial charge in [0.2, 0.25) is 0 Å². The smallest absolute Gasteiger partial charge is 0.136 e. The SMILES string of the molecule is c1ccc2c(c1)ccc1c(N(c3ccc4c(ccc5cc6oc7ccccc7c6cc54)c3)c3ccc4oc5ccccc5c4c3)cccc12. The molecule has 2 heterocycles. The number of rotatable bonds is 3. The van der Waals surface area contributed by atoms with Crippen LogP contribution in [0.15, 0.2) is 173 Å². The molecule has 9 aromatic carbocycles. The molecule has 0 N–H and O–H groups in total. The van der Waals surface area contributed by atoms with Crippen molar-refractivity contribution in [3.63, 3.8) is 0 Å². The lowest BCUT2D eigenvalue weighted by Crippen LogP contribution is -2.10. The Bertz CT molecular complexity index is 3130. The van der Waals surface area contributed by atoms with Crippen molar-refractivity contribution in [2.75, 3.05) is 4.90 Å². The van der Waals surface area contributed by atoms with Crippen molar-refractivity contribution in [3.8, 4) is 0 Å². The maximum Gasteiger partial charge on any atom is 0.136 e. The molecule has 0 fully saturated rings. The molecule has 11 rings (SSSR count). The number of nitrogens with zero attached hydrogens (tertiary/aromatic N) is 1. The summed E-state index contributed by atoms with van der Waals surface area (Å²) in [5.74, 6) is 0. The highest BCUT2D eigenvalue weighted by Gasteiger charge is 2.19. The molecule has 0 amide bonds. The normalized spacial score (nSPS) is 12.1. The van der Waals surface area contributed by atoms with Gasteiger partial charge in [-0.25, -0.2) is 0 Å². The quantitative estimate of drug-likeness (QED) is 0.183. The number of anilines is 3. The second-order valence-electron chi connectivity index (χ2n) is 12.9. The van der Waals surface area contributed by atoms with E-state index in [4.69, 9.17) is 8.83 Å². The van der Waals surface area contributed by atoms with Gasteiger partial charge in [0, 0.05) is 38.3 Å². The molecule has 0 unspecified atom stereocenters. The van der Waals surface area contributed by atoms with Gasteiger partial charge in [-0.05, 0) is 98.4 Å². The van der Waals surface area contributed by atoms with Crippen LogP contribution in [0.4, 0.5) is 17.1 Å². The van der Waals surface area contributed by atoms with E-state index in [-0.39, 0.29) is 0 Å². The summed E-state index contributed by atoms with van der Waals surface area (Å²) in [5, 5.41) is 14.2. The lowest BCUT2D eigenvalue weighted by molar-refractivity contribution is 0.669. The first-order chi connectivity index (χ1) is 24.3. The van der Waals surface area contributed by atoms with Crippen molar-refractivity contribution in [1.29, 1.82) is 0 Å². The maximum atomic E-state index is 6.24. The largest absolute Gasteiger partial charge is 0.456 e. The van der Waals surface area contributed by atoms with E-state index >= 15 is 0 Å². The summed E-state index contributed by atoms with van der Waals surface area (Å²) in [5.41, 5.74) is 6.91. The van der Waals surface area contributed by atoms with Crippen LogP contribution >= 0.6 is 0 Å². The van der Waals surface area contributed by atoms with Crippen LogP contribution < -0.4 is 4.90 Å². The van der Waals surface area contributed by atoms with Gasteiger partial charge >= 0.3 is 0 Å². The Morgan fingerprint density at radius 3 is 1.69 bits per heavy atom. The molecule has 11 aromatic rings. The molecule has 0 atom stereocenters. The molecule has 3 heteroatoms. The van der Waals surface area contributed by atoms with Gasteiger partial charge in [0.15, 0.2) is 0 Å². The Balaban J connectivity index is 1.17. The van der Waals surface area contributed by atoms with Gasteiger partial charge in [0.1, 0.15) is 22.3 Å². The Labute approximate surface area is 280 Å². The van der Waals surface area contributed by atoms with Gasteiger partial charge in [0.25, 0.3) is 0 Å². The molecule has 49 heavy (non-hydrogen) atoms. The van der Waals surface area contributed by atoms with Crippen molar-refractivity contribution in [2.24, 2.45) is 0 Å². The average molecular weight is 626 g/mol. The highest BCUT2D eigenvalue weighted by molar-refractivity contribution is 6.18. The highest BCUT2D eigenvalue weighted by atomic mass is 16.3. The molecule has 0 aliphatic rings. The number of para-hydroxylation sites is 2. The Hall–Kier alpha value is -6.58. The number of furan rings is 2. The van der Waals surface area contributed by atoms with E-state index in [0.29, 0.717) is 0 Å². The van der Waals surface area contributed by atoms with E-state index in [1.807, 2.05) is 24.3 Å². The molecule has 2 aromatic heterocycles. The fraction of sp³-hybridized carbons (Fsp3) is 0. The minimum Gasteiger partial charge on any atom is -0.456 e. The summed E-state index contributed by atoms with van der Waals surface area (Å²) < 4.78 is 12.5. The minimum absolute atomic E-state index is 0.886. The molecule has 228 valence electrons. The summed E-state index contributed by atoms with van der Waals surface area (Å²) >= 11 is 0. The zero-order valence-corrected chi connectivity index (χ0v) is 26.4. The molecule has 0 saturated heterocycles. The first-order valence-electron chi connectivity index (χ1n) is 16.7. The predicted molar refractivity (Wildman–Crippen MR) is 206 cm³/mol. The molecule has 0 aliphatic carbocycles. The van der Waals surface area contributed by atoms with E-state index in [1.165, 1.54) is 43.1 Å². The van der Waals surface area contributed by atoms with E-state index in [0.717, 1.165) is 60.9 Å². The van der Waals surface area contributed by atoms with Gasteiger partial charge in [-0.2, -0.15) is 0 Å². The molecule has 0 spiro atoms. The van der Waals surface area contributed by atoms with Gasteiger partial charge in [-0.3, -0.25) is 0 Å². The first kappa shape index (κ1) is 26.5. The van der Waals surface area contributed by atoms with Crippen molar-refractivity contribution in [1.82, 2.24) is 0 Å². The number of hydrogen-bond donors (Lipinski definition) is 0. The lowest BCUT2D eigenvalue weighted by atomic mass is 9.98. The molecule has 0 bridgehead atoms. The van der Waals surface area contributed by atoms with Crippen molar-refractivity contribution < 1.29 is 8.83 Å². The molecular formula is C46H27NO2. The van der Waals surface area contributed by atoms with Crippen molar-refractivity contribution in [3.05, 3.63) is 164 Å². The molecule has 3 nitrogen and oxygen atoms in total. The third kappa shape index (κ3) is 3.90. The lowest BCUT2D eigenvalue weighted by Gasteiger charge is -2.27. The molecule has 0 radical (unpaired) electrons. The maximum absolute atomic E-state index is 6.24. The monoisotopic (exact) mass is 625 g/mol. The second kappa shape index (κ2) is 9.96. The predicted octanol–water partition coefficient (Wildman–Crippen LogP) is 13.6. The van der Waals surface area contributed by atoms with E-state index in [1.54, 1.807) is 0 Å². The van der Waals surface area contributed by atoms with Crippen LogP contribution in [0, 0.1) is 0 Å². The van der Waals surface area contributed by atoms with Gasteiger partial charge in [-0.15, -0.1) is 0 Å². The number of hydrogen-bond acceptors (Lipinski definition) is 3. The van der Waals surface area contributed by atoms with Crippen molar-refractivity contribution >= 4 is 104 Å². The standard InChI is InChI=1S/C46H27NO2/c1-2-9-33-28(8-1)18-21-36-35(33)12-7-13-42(36)47(32-20-23-45-40(26-32)37-10-3-5-14-43(37)48-45)31-19-22-34-29(24-31)16-17-30-25-46-41(27-39(30)34)38-11-4-6-15-44(38)49-46/h1-27H. The molecule has 0 aliphatic heterocycles. The fourth-order valence-electron chi connectivity index (χ4n) is 7.91. The van der Waals surface area contributed by atoms with Crippen LogP contribution in [0.1, 0.15) is 0 Å². The fourth-order valence-corrected chi connectivity index (χ4v) is 7.91.